The molecule has 1 atom stereocenters. The molecular formula is C22H19P. The molecule has 1 heteroatoms. The third-order valence-corrected chi connectivity index (χ3v) is 5.06. The van der Waals surface area contributed by atoms with Gasteiger partial charge in [-0.15, -0.1) is 9.24 Å². The first-order valence-electron chi connectivity index (χ1n) is 7.99. The fourth-order valence-electron chi connectivity index (χ4n) is 3.49. The Hall–Kier alpha value is -2.17. The number of benzene rings is 4. The van der Waals surface area contributed by atoms with Crippen LogP contribution in [0.2, 0.25) is 0 Å². The van der Waals surface area contributed by atoms with Crippen LogP contribution in [0.15, 0.2) is 72.8 Å². The summed E-state index contributed by atoms with van der Waals surface area (Å²) in [5, 5.41) is 5.28. The summed E-state index contributed by atoms with van der Waals surface area (Å²) in [5.74, 6) is 0. The molecule has 0 aromatic heterocycles. The average Bonchev–Trinajstić information content (AvgIpc) is 2.61. The Morgan fingerprint density at radius 2 is 1.22 bits per heavy atom. The highest BCUT2D eigenvalue weighted by molar-refractivity contribution is 7.15. The minimum Gasteiger partial charge on any atom is -0.133 e. The summed E-state index contributed by atoms with van der Waals surface area (Å²) in [6.45, 7) is 2.22. The van der Waals surface area contributed by atoms with Gasteiger partial charge in [0.05, 0.1) is 0 Å². The summed E-state index contributed by atoms with van der Waals surface area (Å²) < 4.78 is 0. The summed E-state index contributed by atoms with van der Waals surface area (Å²) >= 11 is 0. The molecule has 23 heavy (non-hydrogen) atoms. The molecule has 0 saturated carbocycles. The van der Waals surface area contributed by atoms with Gasteiger partial charge in [-0.05, 0) is 56.9 Å². The molecule has 0 heterocycles. The summed E-state index contributed by atoms with van der Waals surface area (Å²) in [6, 6.07) is 26.4. The molecule has 0 aliphatic rings. The van der Waals surface area contributed by atoms with E-state index in [-0.39, 0.29) is 0 Å². The van der Waals surface area contributed by atoms with Crippen LogP contribution in [-0.2, 0) is 6.16 Å². The van der Waals surface area contributed by atoms with E-state index in [4.69, 9.17) is 0 Å². The zero-order chi connectivity index (χ0) is 15.8. The fraction of sp³-hybridized carbons (Fsp3) is 0.0909. The third-order valence-electron chi connectivity index (χ3n) is 4.62. The largest absolute Gasteiger partial charge is 0.133 e. The lowest BCUT2D eigenvalue weighted by Crippen LogP contribution is -1.93. The average molecular weight is 314 g/mol. The molecule has 4 rings (SSSR count). The third kappa shape index (κ3) is 2.35. The molecule has 0 N–H and O–H groups in total. The maximum Gasteiger partial charge on any atom is -0.00610 e. The SMILES string of the molecule is Cc1ccc2ccccc2c1-c1c(CP)ccc2ccccc12. The lowest BCUT2D eigenvalue weighted by molar-refractivity contribution is 1.41. The lowest BCUT2D eigenvalue weighted by atomic mass is 9.88. The van der Waals surface area contributed by atoms with E-state index < -0.39 is 0 Å². The normalized spacial score (nSPS) is 11.2. The van der Waals surface area contributed by atoms with Crippen LogP contribution < -0.4 is 0 Å². The standard InChI is InChI=1S/C22H19P/c1-15-10-11-16-6-2-4-8-19(16)21(15)22-18(14-23)13-12-17-7-3-5-9-20(17)22/h2-13H,14,23H2,1H3. The van der Waals surface area contributed by atoms with E-state index in [2.05, 4.69) is 89.0 Å². The highest BCUT2D eigenvalue weighted by Crippen LogP contribution is 2.39. The molecule has 0 amide bonds. The van der Waals surface area contributed by atoms with E-state index >= 15 is 0 Å². The Morgan fingerprint density at radius 3 is 1.87 bits per heavy atom. The van der Waals surface area contributed by atoms with Crippen molar-refractivity contribution < 1.29 is 0 Å². The molecule has 0 saturated heterocycles. The first kappa shape index (κ1) is 14.4. The Kier molecular flexibility index (Phi) is 3.63. The molecule has 1 unspecified atom stereocenters. The van der Waals surface area contributed by atoms with Crippen molar-refractivity contribution in [3.05, 3.63) is 83.9 Å². The van der Waals surface area contributed by atoms with E-state index in [0.717, 1.165) is 6.16 Å². The molecule has 112 valence electrons. The van der Waals surface area contributed by atoms with Crippen LogP contribution in [0.1, 0.15) is 11.1 Å². The van der Waals surface area contributed by atoms with Crippen molar-refractivity contribution in [2.75, 3.05) is 0 Å². The van der Waals surface area contributed by atoms with Crippen LogP contribution in [0.5, 0.6) is 0 Å². The Bertz CT molecular complexity index is 1010. The van der Waals surface area contributed by atoms with Gasteiger partial charge in [0.25, 0.3) is 0 Å². The number of hydrogen-bond donors (Lipinski definition) is 0. The van der Waals surface area contributed by atoms with Crippen molar-refractivity contribution in [2.45, 2.75) is 13.1 Å². The molecule has 4 aromatic rings. The van der Waals surface area contributed by atoms with Crippen molar-refractivity contribution in [2.24, 2.45) is 0 Å². The van der Waals surface area contributed by atoms with E-state index in [1.807, 2.05) is 0 Å². The van der Waals surface area contributed by atoms with E-state index in [9.17, 15) is 0 Å². The molecular weight excluding hydrogens is 295 g/mol. The van der Waals surface area contributed by atoms with Crippen LogP contribution in [0.3, 0.4) is 0 Å². The van der Waals surface area contributed by atoms with E-state index in [1.54, 1.807) is 0 Å². The predicted molar refractivity (Wildman–Crippen MR) is 105 cm³/mol. The van der Waals surface area contributed by atoms with Gasteiger partial charge in [0.1, 0.15) is 0 Å². The van der Waals surface area contributed by atoms with Crippen molar-refractivity contribution in [3.8, 4) is 11.1 Å². The number of fused-ring (bicyclic) bond motifs is 2. The Balaban J connectivity index is 2.21. The zero-order valence-corrected chi connectivity index (χ0v) is 14.4. The van der Waals surface area contributed by atoms with Gasteiger partial charge in [0, 0.05) is 0 Å². The minimum absolute atomic E-state index is 0.961. The summed E-state index contributed by atoms with van der Waals surface area (Å²) in [4.78, 5) is 0. The van der Waals surface area contributed by atoms with Gasteiger partial charge in [0.2, 0.25) is 0 Å². The van der Waals surface area contributed by atoms with Crippen molar-refractivity contribution in [3.63, 3.8) is 0 Å². The fourth-order valence-corrected chi connectivity index (χ4v) is 3.83. The molecule has 0 aliphatic carbocycles. The van der Waals surface area contributed by atoms with Gasteiger partial charge < -0.3 is 0 Å². The zero-order valence-electron chi connectivity index (χ0n) is 13.2. The summed E-state index contributed by atoms with van der Waals surface area (Å²) in [7, 11) is 2.88. The molecule has 0 radical (unpaired) electrons. The number of aryl methyl sites for hydroxylation is 1. The summed E-state index contributed by atoms with van der Waals surface area (Å²) in [6.07, 6.45) is 0.961. The molecule has 4 aromatic carbocycles. The monoisotopic (exact) mass is 314 g/mol. The molecule has 0 nitrogen and oxygen atoms in total. The van der Waals surface area contributed by atoms with Crippen LogP contribution in [0.4, 0.5) is 0 Å². The van der Waals surface area contributed by atoms with Gasteiger partial charge in [-0.3, -0.25) is 0 Å². The van der Waals surface area contributed by atoms with Gasteiger partial charge in [-0.25, -0.2) is 0 Å². The molecule has 0 aliphatic heterocycles. The predicted octanol–water partition coefficient (Wildman–Crippen LogP) is 6.34. The first-order chi connectivity index (χ1) is 11.3. The minimum atomic E-state index is 0.961. The van der Waals surface area contributed by atoms with E-state index in [1.165, 1.54) is 43.8 Å². The van der Waals surface area contributed by atoms with Crippen LogP contribution in [0.25, 0.3) is 32.7 Å². The molecule has 0 fully saturated rings. The summed E-state index contributed by atoms with van der Waals surface area (Å²) in [5.41, 5.74) is 5.47. The molecule has 0 bridgehead atoms. The Morgan fingerprint density at radius 1 is 0.652 bits per heavy atom. The van der Waals surface area contributed by atoms with Gasteiger partial charge >= 0.3 is 0 Å². The second kappa shape index (κ2) is 5.80. The smallest absolute Gasteiger partial charge is 0.00610 e. The van der Waals surface area contributed by atoms with E-state index in [0.29, 0.717) is 0 Å². The van der Waals surface area contributed by atoms with Crippen molar-refractivity contribution >= 4 is 30.8 Å². The van der Waals surface area contributed by atoms with Gasteiger partial charge in [-0.1, -0.05) is 72.8 Å². The maximum atomic E-state index is 2.88. The quantitative estimate of drug-likeness (QED) is 0.378. The van der Waals surface area contributed by atoms with Crippen LogP contribution in [-0.4, -0.2) is 0 Å². The highest BCUT2D eigenvalue weighted by Gasteiger charge is 2.14. The maximum absolute atomic E-state index is 2.88. The number of hydrogen-bond acceptors (Lipinski definition) is 0. The highest BCUT2D eigenvalue weighted by atomic mass is 31.0. The second-order valence-corrected chi connectivity index (χ2v) is 6.41. The van der Waals surface area contributed by atoms with Gasteiger partial charge in [-0.2, -0.15) is 0 Å². The van der Waals surface area contributed by atoms with Crippen LogP contribution in [0, 0.1) is 6.92 Å². The van der Waals surface area contributed by atoms with Gasteiger partial charge in [0.15, 0.2) is 0 Å². The second-order valence-electron chi connectivity index (χ2n) is 6.00. The Labute approximate surface area is 139 Å². The lowest BCUT2D eigenvalue weighted by Gasteiger charge is -2.17. The van der Waals surface area contributed by atoms with Crippen molar-refractivity contribution in [1.29, 1.82) is 0 Å². The topological polar surface area (TPSA) is 0 Å². The van der Waals surface area contributed by atoms with Crippen molar-refractivity contribution in [1.82, 2.24) is 0 Å². The molecule has 0 spiro atoms. The van der Waals surface area contributed by atoms with Crippen LogP contribution >= 0.6 is 9.24 Å². The first-order valence-corrected chi connectivity index (χ1v) is 8.80. The number of rotatable bonds is 2.